The Balaban J connectivity index is 4.54. The Morgan fingerprint density at radius 3 is 1.62 bits per heavy atom. The molecule has 0 rings (SSSR count). The highest BCUT2D eigenvalue weighted by molar-refractivity contribution is 7.47. The number of aliphatic hydroxyl groups excluding tert-OH is 1. The zero-order valence-electron chi connectivity index (χ0n) is 36.5. The van der Waals surface area contributed by atoms with Crippen LogP contribution in [0.5, 0.6) is 0 Å². The number of esters is 2. The predicted octanol–water partition coefficient (Wildman–Crippen LogP) is 11.7. The Bertz CT molecular complexity index is 1450. The molecule has 336 valence electrons. The molecular weight excluding hydrogens is 778 g/mol. The summed E-state index contributed by atoms with van der Waals surface area (Å²) in [6.45, 7) is 3.18. The quantitative estimate of drug-likeness (QED) is 0.0180. The van der Waals surface area contributed by atoms with Crippen molar-refractivity contribution in [1.82, 2.24) is 0 Å². The molecule has 0 saturated heterocycles. The topological polar surface area (TPSA) is 155 Å². The normalized spacial score (nSPS) is 15.1. The molecule has 0 aromatic heterocycles. The van der Waals surface area contributed by atoms with E-state index in [1.807, 2.05) is 24.3 Å². The number of carbonyl (C=O) groups excluding carboxylic acids is 2. The fraction of sp³-hybridized carbons (Fsp3) is 0.510. The van der Waals surface area contributed by atoms with Crippen molar-refractivity contribution in [1.29, 1.82) is 0 Å². The summed E-state index contributed by atoms with van der Waals surface area (Å²) in [7, 11) is -4.47. The van der Waals surface area contributed by atoms with E-state index in [1.165, 1.54) is 25.7 Å². The zero-order chi connectivity index (χ0) is 44.0. The van der Waals surface area contributed by atoms with Crippen molar-refractivity contribution >= 4 is 19.8 Å². The van der Waals surface area contributed by atoms with Crippen LogP contribution in [0.3, 0.4) is 0 Å². The van der Waals surface area contributed by atoms with Crippen LogP contribution in [-0.2, 0) is 32.7 Å². The number of carbonyl (C=O) groups is 2. The second kappa shape index (κ2) is 43.2. The molecule has 2 unspecified atom stereocenters. The van der Waals surface area contributed by atoms with Gasteiger partial charge in [0.15, 0.2) is 6.10 Å². The lowest BCUT2D eigenvalue weighted by atomic mass is 10.2. The molecule has 0 saturated carbocycles. The number of hydrogen-bond acceptors (Lipinski definition) is 9. The number of rotatable bonds is 38. The van der Waals surface area contributed by atoms with Crippen LogP contribution in [-0.4, -0.2) is 60.5 Å². The summed E-state index contributed by atoms with van der Waals surface area (Å²) < 4.78 is 32.5. The number of phosphoric acid groups is 1. The summed E-state index contributed by atoms with van der Waals surface area (Å²) in [6.07, 6.45) is 56.8. The van der Waals surface area contributed by atoms with Crippen molar-refractivity contribution in [2.45, 2.75) is 135 Å². The third-order valence-electron chi connectivity index (χ3n) is 8.15. The monoisotopic (exact) mass is 854 g/mol. The molecule has 0 bridgehead atoms. The molecule has 0 amide bonds. The highest BCUT2D eigenvalue weighted by Crippen LogP contribution is 2.43. The third-order valence-corrected chi connectivity index (χ3v) is 9.14. The lowest BCUT2D eigenvalue weighted by molar-refractivity contribution is -0.161. The maximum Gasteiger partial charge on any atom is 0.472 e. The summed E-state index contributed by atoms with van der Waals surface area (Å²) >= 11 is 0. The van der Waals surface area contributed by atoms with Gasteiger partial charge in [0.2, 0.25) is 0 Å². The van der Waals surface area contributed by atoms with E-state index in [-0.39, 0.29) is 39.0 Å². The Kier molecular flexibility index (Phi) is 40.4. The maximum atomic E-state index is 12.6. The Morgan fingerprint density at radius 1 is 0.600 bits per heavy atom. The molecule has 0 aromatic rings. The van der Waals surface area contributed by atoms with Gasteiger partial charge in [-0.05, 0) is 83.5 Å². The van der Waals surface area contributed by atoms with Crippen molar-refractivity contribution in [3.8, 4) is 0 Å². The SMILES string of the molecule is CC/C=C\C/C=C\C/C=C\C/C=C\C/C=C\C=C/C(O)CCC(=O)O[C@H](COC(=O)CC/C=C\C/C=C\C/C=C\C/C=C\C/C=C\CCCCC)COP(=O)(O)OCCN. The van der Waals surface area contributed by atoms with Gasteiger partial charge < -0.3 is 25.2 Å². The average molecular weight is 854 g/mol. The Labute approximate surface area is 362 Å². The summed E-state index contributed by atoms with van der Waals surface area (Å²) in [5.41, 5.74) is 5.33. The van der Waals surface area contributed by atoms with Crippen molar-refractivity contribution in [3.63, 3.8) is 0 Å². The standard InChI is InChI=1S/C49H76NO9P/c1-3-5-7-9-11-13-15-17-19-21-22-23-25-27-29-31-33-35-37-39-48(52)56-44-47(45-58-60(54,55)57-43-42-50)59-49(53)41-40-46(51)38-36-34-32-30-28-26-24-20-18-16-14-12-10-8-6-4-2/h6,8,11-14,17-20,22-23,26-29,32-36,38,46-47,51H,3-5,7,9-10,15-16,21,24-25,30-31,37,39-45,50H2,1-2H3,(H,54,55)/b8-6-,13-11-,14-12-,19-17-,20-18-,23-22-,28-26-,29-27-,34-32-,35-33-,38-36-/t46?,47-/m1/s1. The highest BCUT2D eigenvalue weighted by Gasteiger charge is 2.26. The van der Waals surface area contributed by atoms with Crippen LogP contribution in [0.2, 0.25) is 0 Å². The van der Waals surface area contributed by atoms with E-state index < -0.39 is 38.6 Å². The summed E-state index contributed by atoms with van der Waals surface area (Å²) in [5.74, 6) is -1.22. The Hall–Kier alpha value is -3.89. The van der Waals surface area contributed by atoms with Gasteiger partial charge in [0.25, 0.3) is 0 Å². The van der Waals surface area contributed by atoms with Crippen molar-refractivity contribution in [2.75, 3.05) is 26.4 Å². The van der Waals surface area contributed by atoms with Gasteiger partial charge in [-0.3, -0.25) is 18.6 Å². The number of allylic oxidation sites excluding steroid dienone is 21. The first-order valence-electron chi connectivity index (χ1n) is 21.8. The number of ether oxygens (including phenoxy) is 2. The van der Waals surface area contributed by atoms with Gasteiger partial charge in [0.1, 0.15) is 6.61 Å². The maximum absolute atomic E-state index is 12.6. The largest absolute Gasteiger partial charge is 0.472 e. The smallest absolute Gasteiger partial charge is 0.462 e. The van der Waals surface area contributed by atoms with E-state index in [0.717, 1.165) is 57.8 Å². The first-order chi connectivity index (χ1) is 29.2. The Morgan fingerprint density at radius 2 is 1.10 bits per heavy atom. The summed E-state index contributed by atoms with van der Waals surface area (Å²) in [4.78, 5) is 34.9. The summed E-state index contributed by atoms with van der Waals surface area (Å²) in [6, 6.07) is 0. The molecule has 10 nitrogen and oxygen atoms in total. The van der Waals surface area contributed by atoms with Gasteiger partial charge in [-0.1, -0.05) is 160 Å². The van der Waals surface area contributed by atoms with Gasteiger partial charge in [0.05, 0.1) is 19.3 Å². The molecule has 3 atom stereocenters. The van der Waals surface area contributed by atoms with Crippen LogP contribution < -0.4 is 5.73 Å². The van der Waals surface area contributed by atoms with E-state index in [9.17, 15) is 24.2 Å². The number of phosphoric ester groups is 1. The van der Waals surface area contributed by atoms with Crippen LogP contribution in [0.25, 0.3) is 0 Å². The molecule has 0 heterocycles. The minimum atomic E-state index is -4.47. The number of hydrogen-bond donors (Lipinski definition) is 3. The molecule has 0 aliphatic carbocycles. The van der Waals surface area contributed by atoms with E-state index >= 15 is 0 Å². The number of unbranched alkanes of at least 4 members (excludes halogenated alkanes) is 3. The molecular formula is C49H76NO9P. The van der Waals surface area contributed by atoms with Crippen molar-refractivity contribution in [3.05, 3.63) is 134 Å². The molecule has 0 radical (unpaired) electrons. The fourth-order valence-electron chi connectivity index (χ4n) is 4.90. The van der Waals surface area contributed by atoms with Crippen molar-refractivity contribution < 1.29 is 42.7 Å². The van der Waals surface area contributed by atoms with Gasteiger partial charge in [-0.25, -0.2) is 4.57 Å². The van der Waals surface area contributed by atoms with E-state index in [4.69, 9.17) is 24.3 Å². The number of aliphatic hydroxyl groups is 1. The van der Waals surface area contributed by atoms with Crippen LogP contribution in [0, 0.1) is 0 Å². The molecule has 0 spiro atoms. The molecule has 4 N–H and O–H groups in total. The molecule has 11 heteroatoms. The first kappa shape index (κ1) is 56.1. The average Bonchev–Trinajstić information content (AvgIpc) is 3.23. The van der Waals surface area contributed by atoms with E-state index in [0.29, 0.717) is 6.42 Å². The van der Waals surface area contributed by atoms with Gasteiger partial charge in [-0.2, -0.15) is 0 Å². The van der Waals surface area contributed by atoms with Crippen molar-refractivity contribution in [2.24, 2.45) is 5.73 Å². The second-order valence-electron chi connectivity index (χ2n) is 13.7. The highest BCUT2D eigenvalue weighted by atomic mass is 31.2. The molecule has 60 heavy (non-hydrogen) atoms. The zero-order valence-corrected chi connectivity index (χ0v) is 37.4. The molecule has 0 aromatic carbocycles. The van der Waals surface area contributed by atoms with Gasteiger partial charge in [-0.15, -0.1) is 0 Å². The van der Waals surface area contributed by atoms with E-state index in [2.05, 4.69) is 111 Å². The third kappa shape index (κ3) is 42.2. The van der Waals surface area contributed by atoms with Gasteiger partial charge >= 0.3 is 19.8 Å². The van der Waals surface area contributed by atoms with Gasteiger partial charge in [0, 0.05) is 19.4 Å². The number of nitrogens with two attached hydrogens (primary N) is 1. The van der Waals surface area contributed by atoms with E-state index in [1.54, 1.807) is 12.2 Å². The lowest BCUT2D eigenvalue weighted by Crippen LogP contribution is -2.30. The van der Waals surface area contributed by atoms with Crippen LogP contribution in [0.15, 0.2) is 134 Å². The summed E-state index contributed by atoms with van der Waals surface area (Å²) in [5, 5.41) is 10.3. The van der Waals surface area contributed by atoms with Crippen LogP contribution in [0.4, 0.5) is 0 Å². The molecule has 0 aliphatic heterocycles. The molecule has 0 aliphatic rings. The van der Waals surface area contributed by atoms with Crippen LogP contribution >= 0.6 is 7.82 Å². The fourth-order valence-corrected chi connectivity index (χ4v) is 5.67. The van der Waals surface area contributed by atoms with Crippen LogP contribution in [0.1, 0.15) is 123 Å². The second-order valence-corrected chi connectivity index (χ2v) is 15.1. The molecule has 0 fully saturated rings. The predicted molar refractivity (Wildman–Crippen MR) is 248 cm³/mol. The first-order valence-corrected chi connectivity index (χ1v) is 23.3. The minimum absolute atomic E-state index is 0.000201. The lowest BCUT2D eigenvalue weighted by Gasteiger charge is -2.20. The minimum Gasteiger partial charge on any atom is -0.462 e.